The Kier molecular flexibility index (Phi) is 6.61. The molecule has 1 saturated heterocycles. The van der Waals surface area contributed by atoms with Crippen molar-refractivity contribution in [1.82, 2.24) is 9.80 Å². The molecule has 1 aliphatic rings. The van der Waals surface area contributed by atoms with Crippen LogP contribution < -0.4 is 5.73 Å². The molecule has 2 N–H and O–H groups in total. The number of nitrogens with two attached hydrogens (primary N) is 1. The van der Waals surface area contributed by atoms with E-state index in [0.717, 1.165) is 12.5 Å². The highest BCUT2D eigenvalue weighted by Crippen LogP contribution is 2.21. The highest BCUT2D eigenvalue weighted by molar-refractivity contribution is 4.73. The van der Waals surface area contributed by atoms with Crippen LogP contribution in [-0.4, -0.2) is 56.6 Å². The van der Waals surface area contributed by atoms with Gasteiger partial charge in [0, 0.05) is 0 Å². The SMILES string of the molecule is CN1CCC(CCN(C)CCC(C)(C)CN)CC1. The molecule has 108 valence electrons. The van der Waals surface area contributed by atoms with Crippen LogP contribution in [0, 0.1) is 11.3 Å². The third-order valence-electron chi connectivity index (χ3n) is 4.48. The average molecular weight is 255 g/mol. The average Bonchev–Trinajstić information content (AvgIpc) is 2.36. The Morgan fingerprint density at radius 3 is 2.39 bits per heavy atom. The van der Waals surface area contributed by atoms with Crippen molar-refractivity contribution in [3.63, 3.8) is 0 Å². The molecule has 0 radical (unpaired) electrons. The van der Waals surface area contributed by atoms with Gasteiger partial charge in [-0.1, -0.05) is 13.8 Å². The molecule has 18 heavy (non-hydrogen) atoms. The van der Waals surface area contributed by atoms with E-state index in [9.17, 15) is 0 Å². The van der Waals surface area contributed by atoms with E-state index in [1.165, 1.54) is 51.9 Å². The molecule has 0 saturated carbocycles. The largest absolute Gasteiger partial charge is 0.330 e. The molecular formula is C15H33N3. The third-order valence-corrected chi connectivity index (χ3v) is 4.48. The van der Waals surface area contributed by atoms with Crippen molar-refractivity contribution in [1.29, 1.82) is 0 Å². The molecule has 0 atom stereocenters. The molecule has 0 aliphatic carbocycles. The molecular weight excluding hydrogens is 222 g/mol. The van der Waals surface area contributed by atoms with Gasteiger partial charge in [-0.2, -0.15) is 0 Å². The van der Waals surface area contributed by atoms with Crippen molar-refractivity contribution in [2.45, 2.75) is 39.5 Å². The number of hydrogen-bond donors (Lipinski definition) is 1. The Hall–Kier alpha value is -0.120. The Balaban J connectivity index is 2.11. The number of hydrogen-bond acceptors (Lipinski definition) is 3. The van der Waals surface area contributed by atoms with Crippen molar-refractivity contribution >= 4 is 0 Å². The van der Waals surface area contributed by atoms with Crippen molar-refractivity contribution in [2.24, 2.45) is 17.1 Å². The monoisotopic (exact) mass is 255 g/mol. The summed E-state index contributed by atoms with van der Waals surface area (Å²) in [5.41, 5.74) is 6.07. The minimum Gasteiger partial charge on any atom is -0.330 e. The fraction of sp³-hybridized carbons (Fsp3) is 1.00. The van der Waals surface area contributed by atoms with Gasteiger partial charge in [0.1, 0.15) is 0 Å². The summed E-state index contributed by atoms with van der Waals surface area (Å²) in [6.45, 7) is 10.3. The van der Waals surface area contributed by atoms with E-state index in [1.54, 1.807) is 0 Å². The maximum absolute atomic E-state index is 5.77. The van der Waals surface area contributed by atoms with Gasteiger partial charge in [-0.25, -0.2) is 0 Å². The van der Waals surface area contributed by atoms with Gasteiger partial charge in [-0.15, -0.1) is 0 Å². The summed E-state index contributed by atoms with van der Waals surface area (Å²) in [7, 11) is 4.48. The Labute approximate surface area is 114 Å². The van der Waals surface area contributed by atoms with Gasteiger partial charge in [-0.05, 0) is 83.8 Å². The van der Waals surface area contributed by atoms with Gasteiger partial charge in [0.2, 0.25) is 0 Å². The topological polar surface area (TPSA) is 32.5 Å². The summed E-state index contributed by atoms with van der Waals surface area (Å²) >= 11 is 0. The van der Waals surface area contributed by atoms with Gasteiger partial charge in [0.15, 0.2) is 0 Å². The minimum atomic E-state index is 0.293. The zero-order chi connectivity index (χ0) is 13.6. The Morgan fingerprint density at radius 1 is 1.22 bits per heavy atom. The zero-order valence-corrected chi connectivity index (χ0v) is 12.9. The fourth-order valence-electron chi connectivity index (χ4n) is 2.46. The molecule has 0 unspecified atom stereocenters. The minimum absolute atomic E-state index is 0.293. The van der Waals surface area contributed by atoms with Crippen molar-refractivity contribution in [3.8, 4) is 0 Å². The van der Waals surface area contributed by atoms with E-state index in [-0.39, 0.29) is 0 Å². The van der Waals surface area contributed by atoms with Crippen LogP contribution in [0.5, 0.6) is 0 Å². The number of rotatable bonds is 7. The predicted molar refractivity (Wildman–Crippen MR) is 79.8 cm³/mol. The summed E-state index contributed by atoms with van der Waals surface area (Å²) in [4.78, 5) is 4.93. The Morgan fingerprint density at radius 2 is 1.83 bits per heavy atom. The smallest absolute Gasteiger partial charge is 0.00162 e. The quantitative estimate of drug-likeness (QED) is 0.755. The molecule has 0 bridgehead atoms. The standard InChI is InChI=1S/C15H33N3/c1-15(2,13-16)8-12-18(4)11-7-14-5-9-17(3)10-6-14/h14H,5-13,16H2,1-4H3. The van der Waals surface area contributed by atoms with Crippen LogP contribution in [0.2, 0.25) is 0 Å². The molecule has 1 fully saturated rings. The van der Waals surface area contributed by atoms with E-state index in [2.05, 4.69) is 37.7 Å². The van der Waals surface area contributed by atoms with Crippen LogP contribution in [0.4, 0.5) is 0 Å². The first-order chi connectivity index (χ1) is 8.43. The van der Waals surface area contributed by atoms with E-state index >= 15 is 0 Å². The van der Waals surface area contributed by atoms with Gasteiger partial charge in [-0.3, -0.25) is 0 Å². The lowest BCUT2D eigenvalue weighted by molar-refractivity contribution is 0.188. The summed E-state index contributed by atoms with van der Waals surface area (Å²) in [5.74, 6) is 0.950. The summed E-state index contributed by atoms with van der Waals surface area (Å²) in [5, 5.41) is 0. The van der Waals surface area contributed by atoms with Crippen LogP contribution >= 0.6 is 0 Å². The van der Waals surface area contributed by atoms with E-state index in [0.29, 0.717) is 5.41 Å². The first kappa shape index (κ1) is 15.9. The summed E-state index contributed by atoms with van der Waals surface area (Å²) in [6, 6.07) is 0. The molecule has 0 aromatic heterocycles. The first-order valence-corrected chi connectivity index (χ1v) is 7.50. The number of piperidine rings is 1. The van der Waals surface area contributed by atoms with E-state index < -0.39 is 0 Å². The van der Waals surface area contributed by atoms with Crippen molar-refractivity contribution in [3.05, 3.63) is 0 Å². The summed E-state index contributed by atoms with van der Waals surface area (Å²) < 4.78 is 0. The highest BCUT2D eigenvalue weighted by Gasteiger charge is 2.18. The molecule has 1 heterocycles. The maximum Gasteiger partial charge on any atom is -0.00162 e. The first-order valence-electron chi connectivity index (χ1n) is 7.50. The normalized spacial score (nSPS) is 19.7. The fourth-order valence-corrected chi connectivity index (χ4v) is 2.46. The van der Waals surface area contributed by atoms with Crippen LogP contribution in [0.25, 0.3) is 0 Å². The lowest BCUT2D eigenvalue weighted by Gasteiger charge is -2.31. The molecule has 0 aromatic carbocycles. The van der Waals surface area contributed by atoms with Crippen LogP contribution in [0.1, 0.15) is 39.5 Å². The van der Waals surface area contributed by atoms with Crippen molar-refractivity contribution in [2.75, 3.05) is 46.8 Å². The van der Waals surface area contributed by atoms with E-state index in [4.69, 9.17) is 5.73 Å². The second-order valence-electron chi connectivity index (χ2n) is 6.96. The molecule has 0 spiro atoms. The zero-order valence-electron chi connectivity index (χ0n) is 12.9. The number of nitrogens with zero attached hydrogens (tertiary/aromatic N) is 2. The second kappa shape index (κ2) is 7.46. The maximum atomic E-state index is 5.77. The van der Waals surface area contributed by atoms with Gasteiger partial charge >= 0.3 is 0 Å². The van der Waals surface area contributed by atoms with Gasteiger partial charge in [0.25, 0.3) is 0 Å². The van der Waals surface area contributed by atoms with Gasteiger partial charge in [0.05, 0.1) is 0 Å². The third kappa shape index (κ3) is 6.17. The van der Waals surface area contributed by atoms with E-state index in [1.807, 2.05) is 0 Å². The van der Waals surface area contributed by atoms with Crippen LogP contribution in [0.3, 0.4) is 0 Å². The summed E-state index contributed by atoms with van der Waals surface area (Å²) in [6.07, 6.45) is 5.35. The van der Waals surface area contributed by atoms with Crippen LogP contribution in [-0.2, 0) is 0 Å². The Bertz CT molecular complexity index is 220. The molecule has 0 aromatic rings. The second-order valence-corrected chi connectivity index (χ2v) is 6.96. The lowest BCUT2D eigenvalue weighted by atomic mass is 9.89. The molecule has 1 aliphatic heterocycles. The lowest BCUT2D eigenvalue weighted by Crippen LogP contribution is -2.33. The molecule has 0 amide bonds. The number of likely N-dealkylation sites (tertiary alicyclic amines) is 1. The highest BCUT2D eigenvalue weighted by atomic mass is 15.1. The molecule has 3 heteroatoms. The van der Waals surface area contributed by atoms with Crippen molar-refractivity contribution < 1.29 is 0 Å². The molecule has 3 nitrogen and oxygen atoms in total. The predicted octanol–water partition coefficient (Wildman–Crippen LogP) is 2.03. The van der Waals surface area contributed by atoms with Crippen LogP contribution in [0.15, 0.2) is 0 Å². The van der Waals surface area contributed by atoms with Gasteiger partial charge < -0.3 is 15.5 Å². The molecule has 1 rings (SSSR count).